The van der Waals surface area contributed by atoms with Gasteiger partial charge >= 0.3 is 0 Å². The number of thiazole rings is 1. The zero-order valence-corrected chi connectivity index (χ0v) is 19.0. The third-order valence-electron chi connectivity index (χ3n) is 6.08. The minimum Gasteiger partial charge on any atom is -0.472 e. The number of benzene rings is 1. The van der Waals surface area contributed by atoms with Crippen LogP contribution in [-0.4, -0.2) is 34.3 Å². The van der Waals surface area contributed by atoms with E-state index in [0.29, 0.717) is 12.6 Å². The number of fused-ring (bicyclic) bond motifs is 3. The molecule has 158 valence electrons. The summed E-state index contributed by atoms with van der Waals surface area (Å²) < 4.78 is 11.0. The van der Waals surface area contributed by atoms with Gasteiger partial charge in [0.1, 0.15) is 17.7 Å². The zero-order chi connectivity index (χ0) is 21.1. The van der Waals surface area contributed by atoms with Crippen LogP contribution >= 0.6 is 11.3 Å². The fourth-order valence-corrected chi connectivity index (χ4v) is 6.13. The second-order valence-corrected chi connectivity index (χ2v) is 10.7. The normalized spacial score (nSPS) is 19.6. The molecule has 4 heterocycles. The molecule has 7 heteroatoms. The molecule has 5 rings (SSSR count). The van der Waals surface area contributed by atoms with Gasteiger partial charge in [-0.15, -0.1) is 0 Å². The Morgan fingerprint density at radius 2 is 1.90 bits per heavy atom. The third kappa shape index (κ3) is 3.50. The first-order chi connectivity index (χ1) is 14.2. The van der Waals surface area contributed by atoms with Gasteiger partial charge in [0.2, 0.25) is 5.88 Å². The van der Waals surface area contributed by atoms with Crippen molar-refractivity contribution < 1.29 is 9.26 Å². The van der Waals surface area contributed by atoms with Crippen LogP contribution in [0.25, 0.3) is 21.6 Å². The predicted molar refractivity (Wildman–Crippen MR) is 120 cm³/mol. The molecule has 3 aromatic rings. The van der Waals surface area contributed by atoms with Gasteiger partial charge < -0.3 is 19.5 Å². The molecule has 0 bridgehead atoms. The topological polar surface area (TPSA) is 63.4 Å². The summed E-state index contributed by atoms with van der Waals surface area (Å²) >= 11 is 1.72. The molecule has 0 amide bonds. The van der Waals surface area contributed by atoms with Gasteiger partial charge in [-0.05, 0) is 57.7 Å². The molecule has 2 aromatic heterocycles. The molecule has 0 atom stereocenters. The van der Waals surface area contributed by atoms with Gasteiger partial charge in [-0.25, -0.2) is 0 Å². The first kappa shape index (κ1) is 19.6. The summed E-state index contributed by atoms with van der Waals surface area (Å²) in [5, 5.41) is 8.60. The predicted octanol–water partition coefficient (Wildman–Crippen LogP) is 5.10. The van der Waals surface area contributed by atoms with E-state index in [0.717, 1.165) is 39.9 Å². The highest BCUT2D eigenvalue weighted by molar-refractivity contribution is 7.19. The van der Waals surface area contributed by atoms with E-state index in [2.05, 4.69) is 68.3 Å². The number of ether oxygens (including phenoxy) is 1. The number of aromatic nitrogens is 2. The lowest BCUT2D eigenvalue weighted by Gasteiger charge is -2.48. The molecular weight excluding hydrogens is 396 g/mol. The summed E-state index contributed by atoms with van der Waals surface area (Å²) in [4.78, 5) is 8.33. The van der Waals surface area contributed by atoms with Crippen molar-refractivity contribution in [3.8, 4) is 27.4 Å². The van der Waals surface area contributed by atoms with Gasteiger partial charge in [0.05, 0.1) is 6.20 Å². The highest BCUT2D eigenvalue weighted by Crippen LogP contribution is 2.46. The second-order valence-electron chi connectivity index (χ2n) is 9.77. The lowest BCUT2D eigenvalue weighted by Crippen LogP contribution is -2.61. The van der Waals surface area contributed by atoms with Gasteiger partial charge in [0.25, 0.3) is 0 Å². The van der Waals surface area contributed by atoms with Crippen molar-refractivity contribution in [2.24, 2.45) is 0 Å². The lowest BCUT2D eigenvalue weighted by molar-refractivity contribution is 0.161. The maximum atomic E-state index is 6.04. The number of hydrogen-bond donors (Lipinski definition) is 1. The van der Waals surface area contributed by atoms with Gasteiger partial charge in [-0.2, -0.15) is 4.98 Å². The smallest absolute Gasteiger partial charge is 0.234 e. The van der Waals surface area contributed by atoms with E-state index in [9.17, 15) is 0 Å². The fraction of sp³-hybridized carbons (Fsp3) is 0.478. The van der Waals surface area contributed by atoms with E-state index < -0.39 is 0 Å². The Bertz CT molecular complexity index is 1060. The van der Waals surface area contributed by atoms with Gasteiger partial charge in [0.15, 0.2) is 5.13 Å². The average molecular weight is 425 g/mol. The largest absolute Gasteiger partial charge is 0.472 e. The van der Waals surface area contributed by atoms with Gasteiger partial charge in [0, 0.05) is 35.3 Å². The summed E-state index contributed by atoms with van der Waals surface area (Å²) in [7, 11) is 2.17. The van der Waals surface area contributed by atoms with E-state index in [-0.39, 0.29) is 11.1 Å². The van der Waals surface area contributed by atoms with E-state index in [1.54, 1.807) is 23.8 Å². The molecular formula is C23H28N4O2S. The number of rotatable bonds is 3. The average Bonchev–Trinajstić information content (AvgIpc) is 3.34. The molecule has 2 aliphatic rings. The maximum absolute atomic E-state index is 6.04. The molecule has 1 aromatic carbocycles. The van der Waals surface area contributed by atoms with Crippen LogP contribution in [0.4, 0.5) is 5.13 Å². The van der Waals surface area contributed by atoms with E-state index in [1.165, 1.54) is 11.1 Å². The standard InChI is InChI=1S/C23H28N4O2S/c1-22(2)9-17(10-23(3,4)26-22)27(5)21-25-20-19(30-21)18-7-6-14(8-15(18)12-28-20)16-11-24-29-13-16/h6-8,11,13,17,26H,9-10,12H2,1-5H3. The minimum atomic E-state index is 0.0962. The van der Waals surface area contributed by atoms with Gasteiger partial charge in [-0.3, -0.25) is 0 Å². The number of hydrogen-bond acceptors (Lipinski definition) is 7. The quantitative estimate of drug-likeness (QED) is 0.631. The SMILES string of the molecule is CN(c1nc2c(s1)-c1ccc(-c3cnoc3)cc1CO2)C1CC(C)(C)NC(C)(C)C1. The van der Waals surface area contributed by atoms with Crippen LogP contribution in [0.2, 0.25) is 0 Å². The molecule has 1 fully saturated rings. The number of anilines is 1. The Labute approximate surface area is 181 Å². The maximum Gasteiger partial charge on any atom is 0.234 e. The van der Waals surface area contributed by atoms with Crippen LogP contribution in [0.3, 0.4) is 0 Å². The van der Waals surface area contributed by atoms with Crippen LogP contribution in [0.1, 0.15) is 46.1 Å². The fourth-order valence-electron chi connectivity index (χ4n) is 5.02. The van der Waals surface area contributed by atoms with Gasteiger partial charge in [-0.1, -0.05) is 28.6 Å². The molecule has 0 aliphatic carbocycles. The Morgan fingerprint density at radius 3 is 2.60 bits per heavy atom. The Morgan fingerprint density at radius 1 is 1.13 bits per heavy atom. The molecule has 30 heavy (non-hydrogen) atoms. The number of nitrogens with zero attached hydrogens (tertiary/aromatic N) is 3. The molecule has 6 nitrogen and oxygen atoms in total. The summed E-state index contributed by atoms with van der Waals surface area (Å²) in [5.74, 6) is 0.750. The first-order valence-corrected chi connectivity index (χ1v) is 11.2. The van der Waals surface area contributed by atoms with Crippen molar-refractivity contribution in [1.29, 1.82) is 0 Å². The van der Waals surface area contributed by atoms with Crippen LogP contribution in [-0.2, 0) is 6.61 Å². The number of nitrogens with one attached hydrogen (secondary N) is 1. The molecule has 1 N–H and O–H groups in total. The van der Waals surface area contributed by atoms with E-state index >= 15 is 0 Å². The molecule has 0 spiro atoms. The zero-order valence-electron chi connectivity index (χ0n) is 18.2. The van der Waals surface area contributed by atoms with Crippen LogP contribution in [0.15, 0.2) is 35.2 Å². The van der Waals surface area contributed by atoms with Crippen molar-refractivity contribution in [3.05, 3.63) is 36.2 Å². The van der Waals surface area contributed by atoms with Crippen molar-refractivity contribution in [1.82, 2.24) is 15.5 Å². The lowest BCUT2D eigenvalue weighted by atomic mass is 9.79. The Kier molecular flexibility index (Phi) is 4.45. The highest BCUT2D eigenvalue weighted by Gasteiger charge is 2.40. The van der Waals surface area contributed by atoms with Crippen LogP contribution in [0.5, 0.6) is 5.88 Å². The van der Waals surface area contributed by atoms with Crippen molar-refractivity contribution in [2.45, 2.75) is 64.3 Å². The molecule has 0 unspecified atom stereocenters. The molecule has 0 radical (unpaired) electrons. The van der Waals surface area contributed by atoms with E-state index in [1.807, 2.05) is 0 Å². The summed E-state index contributed by atoms with van der Waals surface area (Å²) in [5.41, 5.74) is 4.63. The Balaban J connectivity index is 1.45. The minimum absolute atomic E-state index is 0.0962. The molecule has 0 saturated carbocycles. The Hall–Kier alpha value is -2.38. The summed E-state index contributed by atoms with van der Waals surface area (Å²) in [6.45, 7) is 9.67. The van der Waals surface area contributed by atoms with Crippen molar-refractivity contribution in [3.63, 3.8) is 0 Å². The van der Waals surface area contributed by atoms with Crippen molar-refractivity contribution in [2.75, 3.05) is 11.9 Å². The molecule has 1 saturated heterocycles. The van der Waals surface area contributed by atoms with Crippen LogP contribution < -0.4 is 15.0 Å². The third-order valence-corrected chi connectivity index (χ3v) is 7.24. The summed E-state index contributed by atoms with van der Waals surface area (Å²) in [6, 6.07) is 6.87. The number of piperidine rings is 1. The summed E-state index contributed by atoms with van der Waals surface area (Å²) in [6.07, 6.45) is 5.56. The van der Waals surface area contributed by atoms with Crippen LogP contribution in [0, 0.1) is 0 Å². The van der Waals surface area contributed by atoms with E-state index in [4.69, 9.17) is 14.2 Å². The highest BCUT2D eigenvalue weighted by atomic mass is 32.1. The molecule has 2 aliphatic heterocycles. The second kappa shape index (κ2) is 6.82. The van der Waals surface area contributed by atoms with Crippen molar-refractivity contribution >= 4 is 16.5 Å². The monoisotopic (exact) mass is 424 g/mol. The first-order valence-electron chi connectivity index (χ1n) is 10.4.